The zero-order valence-electron chi connectivity index (χ0n) is 19.7. The summed E-state index contributed by atoms with van der Waals surface area (Å²) in [6.07, 6.45) is 0. The molecular formula is C25H29F2N5O3. The Balaban J connectivity index is 1.46. The Morgan fingerprint density at radius 2 is 1.91 bits per heavy atom. The number of hydrogen-bond donors (Lipinski definition) is 3. The summed E-state index contributed by atoms with van der Waals surface area (Å²) in [6, 6.07) is 12.3. The molecule has 0 aliphatic carbocycles. The van der Waals surface area contributed by atoms with Crippen LogP contribution in [0.4, 0.5) is 19.4 Å². The number of aryl methyl sites for hydroxylation is 1. The number of anilines is 1. The van der Waals surface area contributed by atoms with Crippen LogP contribution in [0.3, 0.4) is 0 Å². The molecule has 35 heavy (non-hydrogen) atoms. The van der Waals surface area contributed by atoms with E-state index in [9.17, 15) is 18.7 Å². The number of ether oxygens (including phenoxy) is 1. The number of amides is 2. The molecule has 1 fully saturated rings. The van der Waals surface area contributed by atoms with Crippen LogP contribution in [0.15, 0.2) is 48.5 Å². The minimum absolute atomic E-state index is 0.0366. The van der Waals surface area contributed by atoms with Crippen molar-refractivity contribution in [3.05, 3.63) is 71.3 Å². The minimum Gasteiger partial charge on any atom is -0.392 e. The van der Waals surface area contributed by atoms with Gasteiger partial charge < -0.3 is 15.2 Å². The molecule has 0 saturated carbocycles. The molecule has 2 heterocycles. The highest BCUT2D eigenvalue weighted by molar-refractivity contribution is 5.89. The Bertz CT molecular complexity index is 1170. The van der Waals surface area contributed by atoms with Crippen LogP contribution in [0.1, 0.15) is 17.0 Å². The topological polar surface area (TPSA) is 91.7 Å². The van der Waals surface area contributed by atoms with Crippen molar-refractivity contribution in [2.75, 3.05) is 38.7 Å². The molecule has 1 aliphatic rings. The van der Waals surface area contributed by atoms with Crippen molar-refractivity contribution < 1.29 is 23.4 Å². The Morgan fingerprint density at radius 3 is 2.60 bits per heavy atom. The maximum Gasteiger partial charge on any atom is 0.320 e. The summed E-state index contributed by atoms with van der Waals surface area (Å²) >= 11 is 0. The summed E-state index contributed by atoms with van der Waals surface area (Å²) < 4.78 is 34.1. The number of carbonyl (C=O) groups is 1. The number of benzene rings is 2. The Hall–Kier alpha value is -3.34. The van der Waals surface area contributed by atoms with E-state index in [1.54, 1.807) is 31.0 Å². The maximum atomic E-state index is 13.9. The average molecular weight is 486 g/mol. The SMILES string of the molecule is COCCN1C[C@@H](NC(=O)Nc2cc(-c3ccc(CO)cc3)nn2C)[C@H](c2ccc(F)c(F)c2)C1. The molecule has 8 nitrogen and oxygen atoms in total. The number of aliphatic hydroxyl groups is 1. The van der Waals surface area contributed by atoms with E-state index >= 15 is 0 Å². The number of halogens is 2. The lowest BCUT2D eigenvalue weighted by Gasteiger charge is -2.20. The second kappa shape index (κ2) is 10.9. The first-order valence-corrected chi connectivity index (χ1v) is 11.4. The van der Waals surface area contributed by atoms with Crippen LogP contribution in [0.5, 0.6) is 0 Å². The van der Waals surface area contributed by atoms with E-state index in [1.165, 1.54) is 6.07 Å². The van der Waals surface area contributed by atoms with Gasteiger partial charge in [-0.25, -0.2) is 13.6 Å². The predicted octanol–water partition coefficient (Wildman–Crippen LogP) is 3.09. The van der Waals surface area contributed by atoms with Gasteiger partial charge in [0.05, 0.1) is 24.9 Å². The molecule has 2 amide bonds. The second-order valence-corrected chi connectivity index (χ2v) is 8.63. The first-order valence-electron chi connectivity index (χ1n) is 11.4. The molecule has 2 aromatic carbocycles. The summed E-state index contributed by atoms with van der Waals surface area (Å²) in [5.74, 6) is -1.51. The molecule has 1 aliphatic heterocycles. The van der Waals surface area contributed by atoms with Gasteiger partial charge >= 0.3 is 6.03 Å². The highest BCUT2D eigenvalue weighted by atomic mass is 19.2. The van der Waals surface area contributed by atoms with E-state index in [4.69, 9.17) is 4.74 Å². The predicted molar refractivity (Wildman–Crippen MR) is 128 cm³/mol. The van der Waals surface area contributed by atoms with Gasteiger partial charge in [-0.3, -0.25) is 14.9 Å². The highest BCUT2D eigenvalue weighted by Gasteiger charge is 2.35. The van der Waals surface area contributed by atoms with Crippen LogP contribution in [0, 0.1) is 11.6 Å². The van der Waals surface area contributed by atoms with Crippen molar-refractivity contribution in [2.24, 2.45) is 7.05 Å². The summed E-state index contributed by atoms with van der Waals surface area (Å²) in [6.45, 7) is 2.29. The lowest BCUT2D eigenvalue weighted by molar-refractivity contribution is 0.159. The van der Waals surface area contributed by atoms with Crippen molar-refractivity contribution >= 4 is 11.8 Å². The third kappa shape index (κ3) is 5.84. The van der Waals surface area contributed by atoms with Crippen LogP contribution in [0.25, 0.3) is 11.3 Å². The lowest BCUT2D eigenvalue weighted by atomic mass is 9.94. The zero-order chi connectivity index (χ0) is 24.9. The van der Waals surface area contributed by atoms with Crippen molar-refractivity contribution in [3.63, 3.8) is 0 Å². The van der Waals surface area contributed by atoms with Gasteiger partial charge in [0, 0.05) is 51.3 Å². The van der Waals surface area contributed by atoms with E-state index in [2.05, 4.69) is 20.6 Å². The summed E-state index contributed by atoms with van der Waals surface area (Å²) in [5, 5.41) is 19.5. The van der Waals surface area contributed by atoms with Gasteiger partial charge in [-0.1, -0.05) is 30.3 Å². The second-order valence-electron chi connectivity index (χ2n) is 8.63. The molecular weight excluding hydrogens is 456 g/mol. The number of rotatable bonds is 8. The fourth-order valence-corrected chi connectivity index (χ4v) is 4.34. The van der Waals surface area contributed by atoms with Crippen LogP contribution >= 0.6 is 0 Å². The molecule has 0 unspecified atom stereocenters. The van der Waals surface area contributed by atoms with E-state index in [-0.39, 0.29) is 18.6 Å². The molecule has 10 heteroatoms. The van der Waals surface area contributed by atoms with E-state index in [0.29, 0.717) is 43.3 Å². The third-order valence-electron chi connectivity index (χ3n) is 6.25. The average Bonchev–Trinajstić information content (AvgIpc) is 3.42. The summed E-state index contributed by atoms with van der Waals surface area (Å²) in [4.78, 5) is 15.0. The Kier molecular flexibility index (Phi) is 7.74. The van der Waals surface area contributed by atoms with Crippen LogP contribution in [-0.4, -0.2) is 65.2 Å². The van der Waals surface area contributed by atoms with E-state index < -0.39 is 17.7 Å². The van der Waals surface area contributed by atoms with Gasteiger partial charge in [-0.2, -0.15) is 5.10 Å². The van der Waals surface area contributed by atoms with Crippen molar-refractivity contribution in [2.45, 2.75) is 18.6 Å². The van der Waals surface area contributed by atoms with Gasteiger partial charge in [0.25, 0.3) is 0 Å². The number of urea groups is 1. The molecule has 186 valence electrons. The van der Waals surface area contributed by atoms with Gasteiger partial charge in [0.15, 0.2) is 11.6 Å². The molecule has 2 atom stereocenters. The quantitative estimate of drug-likeness (QED) is 0.456. The first-order chi connectivity index (χ1) is 16.9. The molecule has 1 saturated heterocycles. The fraction of sp³-hybridized carbons (Fsp3) is 0.360. The van der Waals surface area contributed by atoms with Crippen molar-refractivity contribution in [1.82, 2.24) is 20.0 Å². The smallest absolute Gasteiger partial charge is 0.320 e. The van der Waals surface area contributed by atoms with E-state index in [1.807, 2.05) is 24.3 Å². The lowest BCUT2D eigenvalue weighted by Crippen LogP contribution is -2.42. The van der Waals surface area contributed by atoms with Gasteiger partial charge in [0.2, 0.25) is 0 Å². The molecule has 3 aromatic rings. The Labute approximate surface area is 202 Å². The third-order valence-corrected chi connectivity index (χ3v) is 6.25. The van der Waals surface area contributed by atoms with Crippen LogP contribution in [0.2, 0.25) is 0 Å². The van der Waals surface area contributed by atoms with E-state index in [0.717, 1.165) is 17.2 Å². The normalized spacial score (nSPS) is 18.1. The monoisotopic (exact) mass is 485 g/mol. The Morgan fingerprint density at radius 1 is 1.14 bits per heavy atom. The number of aliphatic hydroxyl groups excluding tert-OH is 1. The van der Waals surface area contributed by atoms with Gasteiger partial charge in [-0.15, -0.1) is 0 Å². The molecule has 4 rings (SSSR count). The van der Waals surface area contributed by atoms with Crippen molar-refractivity contribution in [3.8, 4) is 11.3 Å². The first kappa shape index (κ1) is 24.8. The molecule has 0 bridgehead atoms. The standard InChI is InChI=1S/C25H29F2N5O3/c1-31-24(12-22(30-31)17-5-3-16(15-33)4-6-17)29-25(34)28-23-14-32(9-10-35-2)13-19(23)18-7-8-20(26)21(27)11-18/h3-8,11-12,19,23,33H,9-10,13-15H2,1-2H3,(H2,28,29,34)/t19-,23+/m0/s1. The number of nitrogens with one attached hydrogen (secondary N) is 2. The molecule has 1 aromatic heterocycles. The number of aromatic nitrogens is 2. The minimum atomic E-state index is -0.907. The highest BCUT2D eigenvalue weighted by Crippen LogP contribution is 2.29. The summed E-state index contributed by atoms with van der Waals surface area (Å²) in [7, 11) is 3.35. The largest absolute Gasteiger partial charge is 0.392 e. The van der Waals surface area contributed by atoms with Crippen LogP contribution < -0.4 is 10.6 Å². The number of carbonyl (C=O) groups excluding carboxylic acids is 1. The zero-order valence-corrected chi connectivity index (χ0v) is 19.7. The van der Waals surface area contributed by atoms with Gasteiger partial charge in [0.1, 0.15) is 5.82 Å². The molecule has 3 N–H and O–H groups in total. The number of hydrogen-bond acceptors (Lipinski definition) is 5. The van der Waals surface area contributed by atoms with Crippen LogP contribution in [-0.2, 0) is 18.4 Å². The van der Waals surface area contributed by atoms with Crippen molar-refractivity contribution in [1.29, 1.82) is 0 Å². The maximum absolute atomic E-state index is 13.9. The molecule has 0 radical (unpaired) electrons. The van der Waals surface area contributed by atoms with Gasteiger partial charge in [-0.05, 0) is 23.3 Å². The number of nitrogens with zero attached hydrogens (tertiary/aromatic N) is 3. The summed E-state index contributed by atoms with van der Waals surface area (Å²) in [5.41, 5.74) is 2.96. The molecule has 0 spiro atoms. The number of likely N-dealkylation sites (tertiary alicyclic amines) is 1. The fourth-order valence-electron chi connectivity index (χ4n) is 4.34. The number of methoxy groups -OCH3 is 1.